The van der Waals surface area contributed by atoms with Gasteiger partial charge in [-0.25, -0.2) is 14.4 Å². The zero-order chi connectivity index (χ0) is 23.1. The number of thiophene rings is 1. The lowest BCUT2D eigenvalue weighted by molar-refractivity contribution is -0.0156. The predicted octanol–water partition coefficient (Wildman–Crippen LogP) is 4.43. The van der Waals surface area contributed by atoms with E-state index in [4.69, 9.17) is 10.2 Å². The van der Waals surface area contributed by atoms with E-state index in [-0.39, 0.29) is 6.04 Å². The molecule has 5 heterocycles. The lowest BCUT2D eigenvalue weighted by Gasteiger charge is -2.35. The average molecular weight is 467 g/mol. The van der Waals surface area contributed by atoms with Crippen LogP contribution in [0.4, 0.5) is 10.2 Å². The third-order valence-electron chi connectivity index (χ3n) is 5.70. The van der Waals surface area contributed by atoms with E-state index in [0.29, 0.717) is 51.5 Å². The number of aryl methyl sites for hydroxylation is 1. The highest BCUT2D eigenvalue weighted by molar-refractivity contribution is 7.20. The number of likely N-dealkylation sites (tertiary alicyclic amines) is 1. The van der Waals surface area contributed by atoms with Crippen LogP contribution in [0.5, 0.6) is 0 Å². The standard InChI is InChI=1S/C23H23FN6O2S/c1-12(27-22-15-10-18(21(25)31)33-23(15)29-13(2)28-22)16-5-6-17(32-16)20-14(4-3-8-26-20)11-30-9-7-19(30)24/h3-6,8,10,12,19H,7,9,11H2,1-2H3,(H2,25,31)(H,27,28,29). The molecule has 0 radical (unpaired) electrons. The fraction of sp³-hybridized carbons (Fsp3) is 0.304. The Balaban J connectivity index is 1.40. The number of pyridine rings is 1. The lowest BCUT2D eigenvalue weighted by atomic mass is 10.1. The van der Waals surface area contributed by atoms with E-state index in [1.54, 1.807) is 24.1 Å². The van der Waals surface area contributed by atoms with Crippen LogP contribution < -0.4 is 11.1 Å². The van der Waals surface area contributed by atoms with Gasteiger partial charge in [-0.2, -0.15) is 0 Å². The molecule has 5 rings (SSSR count). The van der Waals surface area contributed by atoms with Crippen LogP contribution >= 0.6 is 11.3 Å². The number of furan rings is 1. The number of rotatable bonds is 7. The number of carbonyl (C=O) groups is 1. The smallest absolute Gasteiger partial charge is 0.258 e. The first kappa shape index (κ1) is 21.5. The first-order chi connectivity index (χ1) is 15.9. The molecule has 2 unspecified atom stereocenters. The summed E-state index contributed by atoms with van der Waals surface area (Å²) in [6.07, 6.45) is 1.39. The summed E-state index contributed by atoms with van der Waals surface area (Å²) in [5, 5.41) is 4.10. The van der Waals surface area contributed by atoms with Crippen molar-refractivity contribution in [2.45, 2.75) is 39.2 Å². The van der Waals surface area contributed by atoms with Crippen LogP contribution in [0.25, 0.3) is 21.7 Å². The molecule has 3 N–H and O–H groups in total. The monoisotopic (exact) mass is 466 g/mol. The third-order valence-corrected chi connectivity index (χ3v) is 6.75. The molecule has 33 heavy (non-hydrogen) atoms. The van der Waals surface area contributed by atoms with Crippen molar-refractivity contribution in [1.82, 2.24) is 19.9 Å². The molecule has 1 saturated heterocycles. The van der Waals surface area contributed by atoms with E-state index >= 15 is 0 Å². The fourth-order valence-corrected chi connectivity index (χ4v) is 4.77. The van der Waals surface area contributed by atoms with Crippen LogP contribution in [-0.4, -0.2) is 38.6 Å². The molecule has 0 aromatic carbocycles. The average Bonchev–Trinajstić information content (AvgIpc) is 3.44. The SMILES string of the molecule is Cc1nc(NC(C)c2ccc(-c3ncccc3CN3CCC3F)o2)c2cc(C(N)=O)sc2n1. The van der Waals surface area contributed by atoms with Crippen LogP contribution in [0, 0.1) is 6.92 Å². The topological polar surface area (TPSA) is 110 Å². The van der Waals surface area contributed by atoms with Gasteiger partial charge in [-0.1, -0.05) is 6.07 Å². The van der Waals surface area contributed by atoms with Gasteiger partial charge in [-0.15, -0.1) is 11.3 Å². The Kier molecular flexibility index (Phi) is 5.55. The van der Waals surface area contributed by atoms with Gasteiger partial charge in [-0.3, -0.25) is 14.7 Å². The first-order valence-corrected chi connectivity index (χ1v) is 11.5. The van der Waals surface area contributed by atoms with Crippen molar-refractivity contribution < 1.29 is 13.6 Å². The number of halogens is 1. The van der Waals surface area contributed by atoms with Gasteiger partial charge in [-0.05, 0) is 43.7 Å². The minimum atomic E-state index is -0.894. The zero-order valence-electron chi connectivity index (χ0n) is 18.2. The minimum Gasteiger partial charge on any atom is -0.457 e. The van der Waals surface area contributed by atoms with Gasteiger partial charge in [0.15, 0.2) is 12.1 Å². The lowest BCUT2D eigenvalue weighted by Crippen LogP contribution is -2.43. The number of amides is 1. The van der Waals surface area contributed by atoms with E-state index in [1.165, 1.54) is 11.3 Å². The minimum absolute atomic E-state index is 0.217. The maximum absolute atomic E-state index is 13.7. The Bertz CT molecular complexity index is 1340. The van der Waals surface area contributed by atoms with Crippen LogP contribution in [0.1, 0.15) is 46.2 Å². The molecule has 2 atom stereocenters. The Morgan fingerprint density at radius 2 is 2.24 bits per heavy atom. The van der Waals surface area contributed by atoms with Crippen molar-refractivity contribution in [2.75, 3.05) is 11.9 Å². The van der Waals surface area contributed by atoms with E-state index in [2.05, 4.69) is 20.3 Å². The number of aromatic nitrogens is 3. The molecule has 1 amide bonds. The van der Waals surface area contributed by atoms with Crippen LogP contribution in [0.3, 0.4) is 0 Å². The van der Waals surface area contributed by atoms with Crippen molar-refractivity contribution in [3.05, 3.63) is 58.6 Å². The van der Waals surface area contributed by atoms with Crippen LogP contribution in [0.2, 0.25) is 0 Å². The van der Waals surface area contributed by atoms with E-state index in [1.807, 2.05) is 31.2 Å². The molecule has 4 aromatic rings. The number of fused-ring (bicyclic) bond motifs is 1. The number of nitrogens with zero attached hydrogens (tertiary/aromatic N) is 4. The van der Waals surface area contributed by atoms with Gasteiger partial charge in [0.1, 0.15) is 27.9 Å². The summed E-state index contributed by atoms with van der Waals surface area (Å²) in [6, 6.07) is 9.05. The van der Waals surface area contributed by atoms with Gasteiger partial charge >= 0.3 is 0 Å². The number of carbonyl (C=O) groups excluding carboxylic acids is 1. The Morgan fingerprint density at radius 1 is 1.39 bits per heavy atom. The molecular formula is C23H23FN6O2S. The largest absolute Gasteiger partial charge is 0.457 e. The van der Waals surface area contributed by atoms with Crippen molar-refractivity contribution >= 4 is 33.3 Å². The molecule has 0 bridgehead atoms. The predicted molar refractivity (Wildman–Crippen MR) is 125 cm³/mol. The summed E-state index contributed by atoms with van der Waals surface area (Å²) in [7, 11) is 0. The van der Waals surface area contributed by atoms with Crippen LogP contribution in [-0.2, 0) is 6.54 Å². The molecule has 0 spiro atoms. The molecule has 0 saturated carbocycles. The second kappa shape index (κ2) is 8.53. The summed E-state index contributed by atoms with van der Waals surface area (Å²) in [4.78, 5) is 27.9. The number of anilines is 1. The number of nitrogens with one attached hydrogen (secondary N) is 1. The molecular weight excluding hydrogens is 443 g/mol. The Hall–Kier alpha value is -3.37. The first-order valence-electron chi connectivity index (χ1n) is 10.7. The van der Waals surface area contributed by atoms with Gasteiger partial charge in [0.25, 0.3) is 5.91 Å². The quantitative estimate of drug-likeness (QED) is 0.388. The number of alkyl halides is 1. The maximum atomic E-state index is 13.7. The van der Waals surface area contributed by atoms with E-state index in [9.17, 15) is 9.18 Å². The summed E-state index contributed by atoms with van der Waals surface area (Å²) in [6.45, 7) is 4.99. The highest BCUT2D eigenvalue weighted by Gasteiger charge is 2.28. The van der Waals surface area contributed by atoms with Crippen molar-refractivity contribution in [2.24, 2.45) is 5.73 Å². The maximum Gasteiger partial charge on any atom is 0.258 e. The third kappa shape index (κ3) is 4.19. The van der Waals surface area contributed by atoms with E-state index < -0.39 is 12.2 Å². The fourth-order valence-electron chi connectivity index (χ4n) is 3.84. The molecule has 1 aliphatic heterocycles. The van der Waals surface area contributed by atoms with Gasteiger partial charge in [0.2, 0.25) is 0 Å². The molecule has 8 nitrogen and oxygen atoms in total. The van der Waals surface area contributed by atoms with Crippen molar-refractivity contribution in [1.29, 1.82) is 0 Å². The number of hydrogen-bond donors (Lipinski definition) is 2. The van der Waals surface area contributed by atoms with Crippen LogP contribution in [0.15, 0.2) is 40.9 Å². The summed E-state index contributed by atoms with van der Waals surface area (Å²) >= 11 is 1.24. The molecule has 170 valence electrons. The zero-order valence-corrected chi connectivity index (χ0v) is 19.0. The number of primary amides is 1. The molecule has 10 heteroatoms. The van der Waals surface area contributed by atoms with Gasteiger partial charge in [0.05, 0.1) is 16.3 Å². The summed E-state index contributed by atoms with van der Waals surface area (Å²) in [5.74, 6) is 2.03. The Labute approximate surface area is 193 Å². The molecule has 1 aliphatic rings. The highest BCUT2D eigenvalue weighted by Crippen LogP contribution is 2.33. The second-order valence-electron chi connectivity index (χ2n) is 8.09. The normalized spacial score (nSPS) is 17.1. The molecule has 0 aliphatic carbocycles. The van der Waals surface area contributed by atoms with Crippen molar-refractivity contribution in [3.63, 3.8) is 0 Å². The number of hydrogen-bond acceptors (Lipinski definition) is 8. The molecule has 4 aromatic heterocycles. The van der Waals surface area contributed by atoms with Gasteiger partial charge in [0, 0.05) is 25.7 Å². The second-order valence-corrected chi connectivity index (χ2v) is 9.12. The Morgan fingerprint density at radius 3 is 2.97 bits per heavy atom. The molecule has 1 fully saturated rings. The van der Waals surface area contributed by atoms with E-state index in [0.717, 1.165) is 17.5 Å². The number of nitrogens with two attached hydrogens (primary N) is 1. The summed E-state index contributed by atoms with van der Waals surface area (Å²) < 4.78 is 19.9. The van der Waals surface area contributed by atoms with Gasteiger partial charge < -0.3 is 15.5 Å². The summed E-state index contributed by atoms with van der Waals surface area (Å²) in [5.41, 5.74) is 7.07. The van der Waals surface area contributed by atoms with Crippen molar-refractivity contribution in [3.8, 4) is 11.5 Å². The highest BCUT2D eigenvalue weighted by atomic mass is 32.1.